The molecule has 0 atom stereocenters. The quantitative estimate of drug-likeness (QED) is 0.838. The molecule has 3 nitrogen and oxygen atoms in total. The summed E-state index contributed by atoms with van der Waals surface area (Å²) < 4.78 is 19.6. The van der Waals surface area contributed by atoms with E-state index in [0.29, 0.717) is 5.56 Å². The number of nitrogens with zero attached hydrogens (tertiary/aromatic N) is 1. The van der Waals surface area contributed by atoms with Crippen LogP contribution in [0.25, 0.3) is 0 Å². The van der Waals surface area contributed by atoms with Gasteiger partial charge in [0.15, 0.2) is 0 Å². The highest BCUT2D eigenvalue weighted by Gasteiger charge is 2.37. The lowest BCUT2D eigenvalue weighted by atomic mass is 9.84. The maximum absolute atomic E-state index is 13.6. The fraction of sp³-hybridized carbons (Fsp3) is 0.588. The van der Waals surface area contributed by atoms with Crippen LogP contribution in [0.15, 0.2) is 24.3 Å². The summed E-state index contributed by atoms with van der Waals surface area (Å²) in [6.45, 7) is 2.31. The predicted octanol–water partition coefficient (Wildman–Crippen LogP) is 2.93. The minimum atomic E-state index is -0.296. The van der Waals surface area contributed by atoms with Gasteiger partial charge in [0, 0.05) is 19.7 Å². The highest BCUT2D eigenvalue weighted by Crippen LogP contribution is 2.34. The molecule has 4 heteroatoms. The molecule has 0 radical (unpaired) electrons. The Labute approximate surface area is 125 Å². The van der Waals surface area contributed by atoms with Crippen LogP contribution in [0.3, 0.4) is 0 Å². The van der Waals surface area contributed by atoms with Crippen LogP contribution in [-0.2, 0) is 16.0 Å². The Balaban J connectivity index is 1.57. The zero-order chi connectivity index (χ0) is 14.7. The van der Waals surface area contributed by atoms with Crippen molar-refractivity contribution in [3.05, 3.63) is 35.6 Å². The van der Waals surface area contributed by atoms with E-state index in [1.165, 1.54) is 12.5 Å². The normalized spacial score (nSPS) is 21.5. The van der Waals surface area contributed by atoms with Crippen molar-refractivity contribution in [3.8, 4) is 0 Å². The summed E-state index contributed by atoms with van der Waals surface area (Å²) in [7, 11) is 0. The third kappa shape index (κ3) is 3.26. The molecule has 1 amide bonds. The van der Waals surface area contributed by atoms with Crippen molar-refractivity contribution < 1.29 is 13.9 Å². The van der Waals surface area contributed by atoms with Gasteiger partial charge < -0.3 is 9.64 Å². The lowest BCUT2D eigenvalue weighted by molar-refractivity contribution is -0.142. The molecule has 1 aromatic carbocycles. The van der Waals surface area contributed by atoms with Gasteiger partial charge in [0.05, 0.1) is 12.0 Å². The fourth-order valence-electron chi connectivity index (χ4n) is 3.38. The van der Waals surface area contributed by atoms with E-state index in [1.807, 2.05) is 4.90 Å². The van der Waals surface area contributed by atoms with Crippen molar-refractivity contribution >= 4 is 5.91 Å². The molecule has 0 unspecified atom stereocenters. The molecule has 114 valence electrons. The molecule has 2 aliphatic heterocycles. The topological polar surface area (TPSA) is 29.5 Å². The molecule has 0 saturated carbocycles. The third-order valence-electron chi connectivity index (χ3n) is 4.76. The van der Waals surface area contributed by atoms with Crippen LogP contribution in [0.2, 0.25) is 0 Å². The van der Waals surface area contributed by atoms with Gasteiger partial charge in [0.2, 0.25) is 5.91 Å². The number of hydrogen-bond donors (Lipinski definition) is 0. The highest BCUT2D eigenvalue weighted by atomic mass is 19.1. The monoisotopic (exact) mass is 291 g/mol. The molecule has 2 heterocycles. The summed E-state index contributed by atoms with van der Waals surface area (Å²) in [6, 6.07) is 6.51. The maximum atomic E-state index is 13.6. The lowest BCUT2D eigenvalue weighted by Crippen LogP contribution is -2.49. The van der Waals surface area contributed by atoms with E-state index < -0.39 is 0 Å². The van der Waals surface area contributed by atoms with Crippen LogP contribution in [0.5, 0.6) is 0 Å². The number of carbonyl (C=O) groups excluding carboxylic acids is 1. The number of hydrogen-bond acceptors (Lipinski definition) is 2. The zero-order valence-corrected chi connectivity index (χ0v) is 12.3. The first kappa shape index (κ1) is 14.5. The first-order chi connectivity index (χ1) is 10.2. The second kappa shape index (κ2) is 6.14. The van der Waals surface area contributed by atoms with E-state index in [2.05, 4.69) is 0 Å². The zero-order valence-electron chi connectivity index (χ0n) is 12.3. The summed E-state index contributed by atoms with van der Waals surface area (Å²) in [5, 5.41) is 0. The molecular formula is C17H22FNO2. The molecule has 2 fully saturated rings. The Bertz CT molecular complexity index is 501. The van der Waals surface area contributed by atoms with E-state index in [4.69, 9.17) is 4.74 Å². The molecule has 1 aromatic rings. The van der Waals surface area contributed by atoms with Crippen LogP contribution >= 0.6 is 0 Å². The van der Waals surface area contributed by atoms with Crippen LogP contribution in [0.1, 0.15) is 37.7 Å². The van der Waals surface area contributed by atoms with Gasteiger partial charge in [-0.1, -0.05) is 18.2 Å². The predicted molar refractivity (Wildman–Crippen MR) is 78.5 cm³/mol. The molecule has 2 saturated heterocycles. The van der Waals surface area contributed by atoms with E-state index >= 15 is 0 Å². The van der Waals surface area contributed by atoms with E-state index in [0.717, 1.165) is 45.4 Å². The average Bonchev–Trinajstić information content (AvgIpc) is 2.51. The summed E-state index contributed by atoms with van der Waals surface area (Å²) >= 11 is 0. The number of likely N-dealkylation sites (tertiary alicyclic amines) is 1. The maximum Gasteiger partial charge on any atom is 0.227 e. The van der Waals surface area contributed by atoms with Gasteiger partial charge in [0.1, 0.15) is 5.82 Å². The van der Waals surface area contributed by atoms with Gasteiger partial charge in [-0.25, -0.2) is 4.39 Å². The van der Waals surface area contributed by atoms with E-state index in [9.17, 15) is 9.18 Å². The molecule has 21 heavy (non-hydrogen) atoms. The smallest absolute Gasteiger partial charge is 0.227 e. The molecule has 0 aliphatic carbocycles. The van der Waals surface area contributed by atoms with Crippen LogP contribution in [0.4, 0.5) is 4.39 Å². The van der Waals surface area contributed by atoms with Crippen molar-refractivity contribution in [3.63, 3.8) is 0 Å². The third-order valence-corrected chi connectivity index (χ3v) is 4.76. The van der Waals surface area contributed by atoms with Gasteiger partial charge in [-0.15, -0.1) is 0 Å². The Morgan fingerprint density at radius 2 is 1.95 bits per heavy atom. The molecule has 0 aromatic heterocycles. The Morgan fingerprint density at radius 1 is 1.19 bits per heavy atom. The van der Waals surface area contributed by atoms with Crippen LogP contribution in [0, 0.1) is 5.82 Å². The number of amides is 1. The minimum absolute atomic E-state index is 0.00697. The van der Waals surface area contributed by atoms with Gasteiger partial charge >= 0.3 is 0 Å². The Morgan fingerprint density at radius 3 is 2.62 bits per heavy atom. The first-order valence-corrected chi connectivity index (χ1v) is 7.84. The first-order valence-electron chi connectivity index (χ1n) is 7.84. The Hall–Kier alpha value is -1.42. The van der Waals surface area contributed by atoms with Crippen LogP contribution < -0.4 is 0 Å². The van der Waals surface area contributed by atoms with Crippen molar-refractivity contribution in [1.29, 1.82) is 0 Å². The number of carbonyl (C=O) groups is 1. The van der Waals surface area contributed by atoms with Crippen molar-refractivity contribution in [2.45, 2.75) is 44.1 Å². The number of piperidine rings is 1. The number of ether oxygens (including phenoxy) is 1. The lowest BCUT2D eigenvalue weighted by Gasteiger charge is -2.44. The second-order valence-electron chi connectivity index (χ2n) is 6.14. The van der Waals surface area contributed by atoms with Gasteiger partial charge in [-0.2, -0.15) is 0 Å². The van der Waals surface area contributed by atoms with Gasteiger partial charge in [-0.3, -0.25) is 4.79 Å². The molecule has 1 spiro atoms. The van der Waals surface area contributed by atoms with Gasteiger partial charge in [-0.05, 0) is 43.7 Å². The Kier molecular flexibility index (Phi) is 4.24. The number of benzene rings is 1. The summed E-state index contributed by atoms with van der Waals surface area (Å²) in [5.41, 5.74) is 0.490. The standard InChI is InChI=1S/C17H22FNO2/c18-15-6-2-1-5-14(15)13-16(20)19-10-8-17(9-11-19)7-3-4-12-21-17/h1-2,5-6H,3-4,7-13H2. The average molecular weight is 291 g/mol. The molecule has 3 rings (SSSR count). The molecule has 2 aliphatic rings. The van der Waals surface area contributed by atoms with Crippen molar-refractivity contribution in [1.82, 2.24) is 4.90 Å². The largest absolute Gasteiger partial charge is 0.375 e. The number of rotatable bonds is 2. The minimum Gasteiger partial charge on any atom is -0.375 e. The summed E-state index contributed by atoms with van der Waals surface area (Å²) in [5.74, 6) is -0.277. The van der Waals surface area contributed by atoms with E-state index in [1.54, 1.807) is 18.2 Å². The van der Waals surface area contributed by atoms with Crippen LogP contribution in [-0.4, -0.2) is 36.1 Å². The molecule has 0 bridgehead atoms. The van der Waals surface area contributed by atoms with E-state index in [-0.39, 0.29) is 23.7 Å². The highest BCUT2D eigenvalue weighted by molar-refractivity contribution is 5.79. The summed E-state index contributed by atoms with van der Waals surface area (Å²) in [6.07, 6.45) is 5.47. The fourth-order valence-corrected chi connectivity index (χ4v) is 3.38. The second-order valence-corrected chi connectivity index (χ2v) is 6.14. The van der Waals surface area contributed by atoms with Gasteiger partial charge in [0.25, 0.3) is 0 Å². The molecule has 0 N–H and O–H groups in total. The number of halogens is 1. The SMILES string of the molecule is O=C(Cc1ccccc1F)N1CCC2(CCCCO2)CC1. The molecular weight excluding hydrogens is 269 g/mol. The van der Waals surface area contributed by atoms with Crippen molar-refractivity contribution in [2.75, 3.05) is 19.7 Å². The summed E-state index contributed by atoms with van der Waals surface area (Å²) in [4.78, 5) is 14.2. The van der Waals surface area contributed by atoms with Crippen molar-refractivity contribution in [2.24, 2.45) is 0 Å².